The average Bonchev–Trinajstić information content (AvgIpc) is 2.06. The van der Waals surface area contributed by atoms with E-state index in [0.29, 0.717) is 6.42 Å². The molecular formula is C10H21F2N. The van der Waals surface area contributed by atoms with E-state index in [1.165, 1.54) is 0 Å². The van der Waals surface area contributed by atoms with Crippen molar-refractivity contribution in [3.8, 4) is 0 Å². The zero-order chi connectivity index (χ0) is 10.5. The molecule has 0 bridgehead atoms. The van der Waals surface area contributed by atoms with E-state index in [4.69, 9.17) is 0 Å². The Balaban J connectivity index is 0.000000671. The van der Waals surface area contributed by atoms with E-state index < -0.39 is 11.8 Å². The van der Waals surface area contributed by atoms with E-state index in [0.717, 1.165) is 6.54 Å². The van der Waals surface area contributed by atoms with Crippen molar-refractivity contribution in [2.75, 3.05) is 13.1 Å². The zero-order valence-electron chi connectivity index (χ0n) is 9.03. The van der Waals surface area contributed by atoms with E-state index in [1.54, 1.807) is 0 Å². The maximum absolute atomic E-state index is 13.1. The van der Waals surface area contributed by atoms with Crippen molar-refractivity contribution in [3.63, 3.8) is 0 Å². The van der Waals surface area contributed by atoms with Crippen molar-refractivity contribution in [3.05, 3.63) is 0 Å². The molecule has 1 nitrogen and oxygen atoms in total. The lowest BCUT2D eigenvalue weighted by molar-refractivity contribution is -0.0895. The summed E-state index contributed by atoms with van der Waals surface area (Å²) in [6.45, 7) is 8.32. The van der Waals surface area contributed by atoms with E-state index in [9.17, 15) is 8.78 Å². The van der Waals surface area contributed by atoms with Crippen molar-refractivity contribution in [2.45, 2.75) is 40.0 Å². The van der Waals surface area contributed by atoms with Crippen LogP contribution in [-0.4, -0.2) is 19.0 Å². The molecule has 80 valence electrons. The molecule has 1 heterocycles. The van der Waals surface area contributed by atoms with Crippen LogP contribution in [-0.2, 0) is 0 Å². The summed E-state index contributed by atoms with van der Waals surface area (Å²) >= 11 is 0. The molecule has 1 aliphatic rings. The lowest BCUT2D eigenvalue weighted by Crippen LogP contribution is -2.47. The van der Waals surface area contributed by atoms with Crippen LogP contribution in [0, 0.1) is 11.8 Å². The van der Waals surface area contributed by atoms with E-state index in [-0.39, 0.29) is 12.5 Å². The minimum Gasteiger partial charge on any atom is -0.311 e. The first-order valence-corrected chi connectivity index (χ1v) is 5.12. The van der Waals surface area contributed by atoms with Crippen molar-refractivity contribution in [1.29, 1.82) is 0 Å². The zero-order valence-corrected chi connectivity index (χ0v) is 9.03. The molecule has 0 aromatic rings. The Bertz CT molecular complexity index is 135. The Morgan fingerprint density at radius 2 is 1.85 bits per heavy atom. The minimum atomic E-state index is -2.49. The van der Waals surface area contributed by atoms with Crippen LogP contribution in [0.25, 0.3) is 0 Å². The number of nitrogens with one attached hydrogen (secondary N) is 1. The summed E-state index contributed by atoms with van der Waals surface area (Å²) in [7, 11) is 0. The molecule has 0 saturated carbocycles. The smallest absolute Gasteiger partial charge is 0.263 e. The van der Waals surface area contributed by atoms with Gasteiger partial charge in [-0.25, -0.2) is 8.78 Å². The first-order chi connectivity index (χ1) is 6.04. The molecule has 0 aliphatic carbocycles. The summed E-state index contributed by atoms with van der Waals surface area (Å²) in [5.74, 6) is -2.83. The molecule has 0 spiro atoms. The molecule has 1 rings (SSSR count). The average molecular weight is 193 g/mol. The fourth-order valence-corrected chi connectivity index (χ4v) is 1.68. The van der Waals surface area contributed by atoms with Crippen molar-refractivity contribution >= 4 is 0 Å². The van der Waals surface area contributed by atoms with Crippen molar-refractivity contribution < 1.29 is 8.78 Å². The predicted molar refractivity (Wildman–Crippen MR) is 52.1 cm³/mol. The summed E-state index contributed by atoms with van der Waals surface area (Å²) in [5.41, 5.74) is 0. The van der Waals surface area contributed by atoms with Crippen LogP contribution in [0.1, 0.15) is 34.1 Å². The number of rotatable bonds is 1. The van der Waals surface area contributed by atoms with Gasteiger partial charge >= 0.3 is 0 Å². The van der Waals surface area contributed by atoms with E-state index in [1.807, 2.05) is 27.7 Å². The Labute approximate surface area is 79.9 Å². The van der Waals surface area contributed by atoms with Gasteiger partial charge in [-0.15, -0.1) is 0 Å². The molecular weight excluding hydrogens is 172 g/mol. The first kappa shape index (κ1) is 12.8. The number of piperidine rings is 1. The highest BCUT2D eigenvalue weighted by atomic mass is 19.3. The highest BCUT2D eigenvalue weighted by Crippen LogP contribution is 2.34. The van der Waals surface area contributed by atoms with Gasteiger partial charge in [0.05, 0.1) is 6.54 Å². The lowest BCUT2D eigenvalue weighted by Gasteiger charge is -2.34. The van der Waals surface area contributed by atoms with Gasteiger partial charge in [0.2, 0.25) is 0 Å². The highest BCUT2D eigenvalue weighted by Gasteiger charge is 2.42. The molecule has 0 amide bonds. The predicted octanol–water partition coefficient (Wildman–Crippen LogP) is 2.91. The van der Waals surface area contributed by atoms with Crippen molar-refractivity contribution in [1.82, 2.24) is 5.32 Å². The fourth-order valence-electron chi connectivity index (χ4n) is 1.68. The molecule has 0 aromatic heterocycles. The van der Waals surface area contributed by atoms with Gasteiger partial charge in [0.15, 0.2) is 0 Å². The van der Waals surface area contributed by atoms with Gasteiger partial charge in [-0.1, -0.05) is 27.7 Å². The normalized spacial score (nSPS) is 26.5. The number of hydrogen-bond donors (Lipinski definition) is 1. The van der Waals surface area contributed by atoms with Gasteiger partial charge in [-0.3, -0.25) is 0 Å². The topological polar surface area (TPSA) is 12.0 Å². The molecule has 1 unspecified atom stereocenters. The van der Waals surface area contributed by atoms with Gasteiger partial charge in [0.1, 0.15) is 0 Å². The summed E-state index contributed by atoms with van der Waals surface area (Å²) in [6.07, 6.45) is 0.602. The van der Waals surface area contributed by atoms with Crippen LogP contribution in [0.4, 0.5) is 8.78 Å². The summed E-state index contributed by atoms with van der Waals surface area (Å²) in [4.78, 5) is 0. The molecule has 0 aromatic carbocycles. The third kappa shape index (κ3) is 3.59. The highest BCUT2D eigenvalue weighted by molar-refractivity contribution is 4.85. The van der Waals surface area contributed by atoms with Crippen LogP contribution >= 0.6 is 0 Å². The van der Waals surface area contributed by atoms with Crippen LogP contribution in [0.2, 0.25) is 0 Å². The van der Waals surface area contributed by atoms with Gasteiger partial charge in [0.25, 0.3) is 5.92 Å². The molecule has 1 aliphatic heterocycles. The minimum absolute atomic E-state index is 0.0899. The summed E-state index contributed by atoms with van der Waals surface area (Å²) in [6, 6.07) is 0. The van der Waals surface area contributed by atoms with Gasteiger partial charge in [0, 0.05) is 5.92 Å². The molecule has 13 heavy (non-hydrogen) atoms. The quantitative estimate of drug-likeness (QED) is 0.675. The number of alkyl halides is 2. The van der Waals surface area contributed by atoms with E-state index >= 15 is 0 Å². The van der Waals surface area contributed by atoms with Gasteiger partial charge in [-0.2, -0.15) is 0 Å². The third-order valence-electron chi connectivity index (χ3n) is 2.34. The fraction of sp³-hybridized carbons (Fsp3) is 1.00. The molecule has 1 N–H and O–H groups in total. The second kappa shape index (κ2) is 5.53. The molecule has 1 atom stereocenters. The van der Waals surface area contributed by atoms with Crippen LogP contribution in [0.15, 0.2) is 0 Å². The summed E-state index contributed by atoms with van der Waals surface area (Å²) in [5, 5.41) is 2.71. The lowest BCUT2D eigenvalue weighted by atomic mass is 9.84. The first-order valence-electron chi connectivity index (χ1n) is 5.12. The molecule has 3 heteroatoms. The van der Waals surface area contributed by atoms with Crippen LogP contribution < -0.4 is 5.32 Å². The number of halogens is 2. The maximum Gasteiger partial charge on any atom is 0.263 e. The Morgan fingerprint density at radius 1 is 1.31 bits per heavy atom. The number of hydrogen-bond acceptors (Lipinski definition) is 1. The Morgan fingerprint density at radius 3 is 2.15 bits per heavy atom. The van der Waals surface area contributed by atoms with Gasteiger partial charge < -0.3 is 5.32 Å². The maximum atomic E-state index is 13.1. The molecule has 1 fully saturated rings. The standard InChI is InChI=1S/C8H15F2N.C2H6/c1-6(2)7-3-4-11-5-8(7,9)10;1-2/h6-7,11H,3-5H2,1-2H3;1-2H3. The molecule has 1 saturated heterocycles. The van der Waals surface area contributed by atoms with Crippen LogP contribution in [0.5, 0.6) is 0 Å². The second-order valence-electron chi connectivity index (χ2n) is 3.58. The van der Waals surface area contributed by atoms with Gasteiger partial charge in [-0.05, 0) is 18.9 Å². The monoisotopic (exact) mass is 193 g/mol. The summed E-state index contributed by atoms with van der Waals surface area (Å²) < 4.78 is 26.1. The van der Waals surface area contributed by atoms with E-state index in [2.05, 4.69) is 5.32 Å². The Kier molecular flexibility index (Phi) is 5.45. The second-order valence-corrected chi connectivity index (χ2v) is 3.58. The Hall–Kier alpha value is -0.180. The van der Waals surface area contributed by atoms with Crippen molar-refractivity contribution in [2.24, 2.45) is 11.8 Å². The third-order valence-corrected chi connectivity index (χ3v) is 2.34. The molecule has 0 radical (unpaired) electrons. The SMILES string of the molecule is CC.CC(C)C1CCNCC1(F)F. The van der Waals surface area contributed by atoms with Crippen LogP contribution in [0.3, 0.4) is 0 Å². The largest absolute Gasteiger partial charge is 0.311 e.